The minimum absolute atomic E-state index is 0.0759. The van der Waals surface area contributed by atoms with E-state index < -0.39 is 0 Å². The summed E-state index contributed by atoms with van der Waals surface area (Å²) in [4.78, 5) is 25.6. The summed E-state index contributed by atoms with van der Waals surface area (Å²) in [5, 5.41) is 12.4. The Balaban J connectivity index is 1.24. The van der Waals surface area contributed by atoms with Gasteiger partial charge in [0, 0.05) is 45.1 Å². The van der Waals surface area contributed by atoms with Crippen molar-refractivity contribution in [2.45, 2.75) is 25.7 Å². The van der Waals surface area contributed by atoms with Crippen molar-refractivity contribution in [3.8, 4) is 33.0 Å². The SMILES string of the molecule is O=C(Nc1cncc(-c2ccc3[nH]nc(-c4cc5c(-c6ccc(F)s6)cncc5[nH]4)c3c2)c1)C1CCCC1. The van der Waals surface area contributed by atoms with Crippen molar-refractivity contribution in [3.63, 3.8) is 0 Å². The molecule has 0 unspecified atom stereocenters. The number of benzene rings is 1. The van der Waals surface area contributed by atoms with Gasteiger partial charge in [0.1, 0.15) is 5.69 Å². The summed E-state index contributed by atoms with van der Waals surface area (Å²) in [5.74, 6) is 0.168. The maximum Gasteiger partial charge on any atom is 0.227 e. The van der Waals surface area contributed by atoms with Crippen molar-refractivity contribution in [2.24, 2.45) is 5.92 Å². The maximum absolute atomic E-state index is 13.7. The number of hydrogen-bond acceptors (Lipinski definition) is 5. The molecule has 5 aromatic heterocycles. The third-order valence-corrected chi connectivity index (χ3v) is 8.17. The summed E-state index contributed by atoms with van der Waals surface area (Å²) in [6.07, 6.45) is 11.2. The molecule has 0 spiro atoms. The van der Waals surface area contributed by atoms with E-state index in [9.17, 15) is 9.18 Å². The molecule has 1 aliphatic rings. The van der Waals surface area contributed by atoms with E-state index >= 15 is 0 Å². The number of carbonyl (C=O) groups is 1. The van der Waals surface area contributed by atoms with Crippen LogP contribution < -0.4 is 5.32 Å². The first-order valence-electron chi connectivity index (χ1n) is 12.6. The first-order chi connectivity index (χ1) is 18.6. The van der Waals surface area contributed by atoms with Crippen LogP contribution in [0.15, 0.2) is 67.3 Å². The summed E-state index contributed by atoms with van der Waals surface area (Å²) in [6, 6.07) is 13.3. The minimum atomic E-state index is -0.227. The van der Waals surface area contributed by atoms with E-state index in [0.29, 0.717) is 5.69 Å². The summed E-state index contributed by atoms with van der Waals surface area (Å²) >= 11 is 1.10. The third-order valence-electron chi connectivity index (χ3n) is 7.27. The number of carbonyl (C=O) groups excluding carboxylic acids is 1. The van der Waals surface area contributed by atoms with E-state index in [-0.39, 0.29) is 17.0 Å². The molecule has 1 fully saturated rings. The zero-order valence-electron chi connectivity index (χ0n) is 20.3. The Labute approximate surface area is 221 Å². The highest BCUT2D eigenvalue weighted by Gasteiger charge is 2.23. The molecule has 38 heavy (non-hydrogen) atoms. The highest BCUT2D eigenvalue weighted by Crippen LogP contribution is 2.37. The van der Waals surface area contributed by atoms with E-state index in [1.54, 1.807) is 30.9 Å². The van der Waals surface area contributed by atoms with E-state index in [1.165, 1.54) is 6.07 Å². The van der Waals surface area contributed by atoms with Crippen molar-refractivity contribution in [2.75, 3.05) is 5.32 Å². The molecule has 0 bridgehead atoms. The van der Waals surface area contributed by atoms with Crippen LogP contribution >= 0.6 is 11.3 Å². The van der Waals surface area contributed by atoms with Crippen LogP contribution in [0.4, 0.5) is 10.1 Å². The molecule has 1 aliphatic carbocycles. The summed E-state index contributed by atoms with van der Waals surface area (Å²) in [6.45, 7) is 0. The van der Waals surface area contributed by atoms with Gasteiger partial charge in [-0.2, -0.15) is 9.49 Å². The topological polar surface area (TPSA) is 99.3 Å². The van der Waals surface area contributed by atoms with Crippen LogP contribution in [0.2, 0.25) is 0 Å². The second-order valence-electron chi connectivity index (χ2n) is 9.70. The zero-order chi connectivity index (χ0) is 25.6. The fourth-order valence-corrected chi connectivity index (χ4v) is 6.09. The number of rotatable bonds is 5. The number of H-pyrrole nitrogens is 2. The molecule has 1 saturated carbocycles. The van der Waals surface area contributed by atoms with Crippen LogP contribution in [0.25, 0.3) is 54.8 Å². The minimum Gasteiger partial charge on any atom is -0.352 e. The summed E-state index contributed by atoms with van der Waals surface area (Å²) < 4.78 is 13.7. The standard InChI is InChI=1S/C29H23FN6OS/c30-27-8-7-26(38-27)22-14-32-15-25-20(22)11-24(34-25)28-21-10-17(5-6-23(21)35-36-28)18-9-19(13-31-12-18)33-29(37)16-3-1-2-4-16/h5-16,34H,1-4H2,(H,33,37)(H,35,36). The van der Waals surface area contributed by atoms with Crippen molar-refractivity contribution < 1.29 is 9.18 Å². The van der Waals surface area contributed by atoms with E-state index in [1.807, 2.05) is 24.3 Å². The van der Waals surface area contributed by atoms with Crippen LogP contribution in [0.3, 0.4) is 0 Å². The number of nitrogens with zero attached hydrogens (tertiary/aromatic N) is 3. The predicted octanol–water partition coefficient (Wildman–Crippen LogP) is 7.16. The van der Waals surface area contributed by atoms with Gasteiger partial charge in [-0.25, -0.2) is 0 Å². The number of pyridine rings is 2. The molecule has 0 saturated heterocycles. The van der Waals surface area contributed by atoms with Gasteiger partial charge < -0.3 is 10.3 Å². The molecule has 9 heteroatoms. The summed E-state index contributed by atoms with van der Waals surface area (Å²) in [5.41, 5.74) is 6.83. The molecule has 1 aromatic carbocycles. The molecular formula is C29H23FN6OS. The monoisotopic (exact) mass is 522 g/mol. The molecule has 1 amide bonds. The predicted molar refractivity (Wildman–Crippen MR) is 148 cm³/mol. The fourth-order valence-electron chi connectivity index (χ4n) is 5.33. The van der Waals surface area contributed by atoms with Crippen LogP contribution in [-0.2, 0) is 4.79 Å². The number of fused-ring (bicyclic) bond motifs is 2. The Morgan fingerprint density at radius 3 is 2.63 bits per heavy atom. The average molecular weight is 523 g/mol. The average Bonchev–Trinajstić information content (AvgIpc) is 3.74. The lowest BCUT2D eigenvalue weighted by molar-refractivity contribution is -0.119. The quantitative estimate of drug-likeness (QED) is 0.224. The summed E-state index contributed by atoms with van der Waals surface area (Å²) in [7, 11) is 0. The molecule has 7 rings (SSSR count). The fraction of sp³-hybridized carbons (Fsp3) is 0.172. The Bertz CT molecular complexity index is 1810. The van der Waals surface area contributed by atoms with Gasteiger partial charge in [-0.1, -0.05) is 18.9 Å². The van der Waals surface area contributed by atoms with Gasteiger partial charge in [0.25, 0.3) is 0 Å². The van der Waals surface area contributed by atoms with Crippen LogP contribution in [-0.4, -0.2) is 31.1 Å². The van der Waals surface area contributed by atoms with Gasteiger partial charge >= 0.3 is 0 Å². The van der Waals surface area contributed by atoms with E-state index in [4.69, 9.17) is 0 Å². The number of hydrogen-bond donors (Lipinski definition) is 3. The Morgan fingerprint density at radius 2 is 1.79 bits per heavy atom. The lowest BCUT2D eigenvalue weighted by Gasteiger charge is -2.11. The smallest absolute Gasteiger partial charge is 0.227 e. The second-order valence-corrected chi connectivity index (χ2v) is 10.7. The Kier molecular flexibility index (Phi) is 5.51. The molecule has 6 aromatic rings. The first kappa shape index (κ1) is 22.8. The number of anilines is 1. The molecule has 5 heterocycles. The highest BCUT2D eigenvalue weighted by atomic mass is 32.1. The molecule has 0 aliphatic heterocycles. The van der Waals surface area contributed by atoms with Crippen molar-refractivity contribution in [1.29, 1.82) is 0 Å². The maximum atomic E-state index is 13.7. The number of thiophene rings is 1. The van der Waals surface area contributed by atoms with Gasteiger partial charge in [-0.05, 0) is 54.8 Å². The number of halogens is 1. The highest BCUT2D eigenvalue weighted by molar-refractivity contribution is 7.14. The lowest BCUT2D eigenvalue weighted by Crippen LogP contribution is -2.20. The molecule has 188 valence electrons. The largest absolute Gasteiger partial charge is 0.352 e. The number of aromatic nitrogens is 5. The van der Waals surface area contributed by atoms with Gasteiger partial charge in [-0.3, -0.25) is 19.9 Å². The van der Waals surface area contributed by atoms with Gasteiger partial charge in [0.05, 0.1) is 34.8 Å². The van der Waals surface area contributed by atoms with Crippen LogP contribution in [0.5, 0.6) is 0 Å². The van der Waals surface area contributed by atoms with Gasteiger partial charge in [-0.15, -0.1) is 11.3 Å². The number of amides is 1. The first-order valence-corrected chi connectivity index (χ1v) is 13.4. The molecule has 3 N–H and O–H groups in total. The Hall–Kier alpha value is -4.37. The number of nitrogens with one attached hydrogen (secondary N) is 3. The van der Waals surface area contributed by atoms with Crippen molar-refractivity contribution in [3.05, 3.63) is 72.4 Å². The van der Waals surface area contributed by atoms with Crippen LogP contribution in [0, 0.1) is 11.0 Å². The van der Waals surface area contributed by atoms with E-state index in [0.717, 1.165) is 91.8 Å². The lowest BCUT2D eigenvalue weighted by atomic mass is 10.0. The molecular weight excluding hydrogens is 499 g/mol. The second kappa shape index (κ2) is 9.18. The van der Waals surface area contributed by atoms with Gasteiger partial charge in [0.2, 0.25) is 5.91 Å². The van der Waals surface area contributed by atoms with E-state index in [2.05, 4.69) is 36.5 Å². The molecule has 0 atom stereocenters. The van der Waals surface area contributed by atoms with Crippen molar-refractivity contribution in [1.82, 2.24) is 25.1 Å². The zero-order valence-corrected chi connectivity index (χ0v) is 21.1. The molecule has 7 nitrogen and oxygen atoms in total. The van der Waals surface area contributed by atoms with Crippen molar-refractivity contribution >= 4 is 44.7 Å². The normalized spacial score (nSPS) is 14.0. The van der Waals surface area contributed by atoms with Crippen LogP contribution in [0.1, 0.15) is 25.7 Å². The molecule has 0 radical (unpaired) electrons. The van der Waals surface area contributed by atoms with Gasteiger partial charge in [0.15, 0.2) is 5.13 Å². The Morgan fingerprint density at radius 1 is 0.921 bits per heavy atom. The number of aromatic amines is 2. The third kappa shape index (κ3) is 4.05.